The highest BCUT2D eigenvalue weighted by Gasteiger charge is 2.13. The molecule has 0 amide bonds. The lowest BCUT2D eigenvalue weighted by Crippen LogP contribution is -2.41. The largest absolute Gasteiger partial charge is 0.359 e. The number of hydrogen-bond acceptors (Lipinski definition) is 3. The summed E-state index contributed by atoms with van der Waals surface area (Å²) in [5.41, 5.74) is 4.78. The minimum atomic E-state index is 0.502. The van der Waals surface area contributed by atoms with Crippen LogP contribution in [0.15, 0.2) is 29.6 Å². The Labute approximate surface area is 119 Å². The first-order valence-corrected chi connectivity index (χ1v) is 7.18. The maximum Gasteiger partial charge on any atom is 0.187 e. The van der Waals surface area contributed by atoms with Crippen molar-refractivity contribution in [2.24, 2.45) is 5.10 Å². The molecule has 1 heterocycles. The van der Waals surface area contributed by atoms with Gasteiger partial charge in [-0.2, -0.15) is 5.10 Å². The number of hydrazone groups is 1. The molecule has 19 heavy (non-hydrogen) atoms. The van der Waals surface area contributed by atoms with Gasteiger partial charge >= 0.3 is 0 Å². The quantitative estimate of drug-likeness (QED) is 0.506. The van der Waals surface area contributed by atoms with Crippen LogP contribution in [0, 0.1) is 0 Å². The molecule has 1 aromatic heterocycles. The Balaban J connectivity index is 1.82. The van der Waals surface area contributed by atoms with Crippen LogP contribution in [-0.2, 0) is 0 Å². The van der Waals surface area contributed by atoms with Crippen LogP contribution in [0.2, 0.25) is 0 Å². The fraction of sp³-hybridized carbons (Fsp3) is 0.500. The highest BCUT2D eigenvalue weighted by atomic mass is 32.1. The maximum atomic E-state index is 5.26. The summed E-state index contributed by atoms with van der Waals surface area (Å²) in [6.07, 6.45) is 9.87. The van der Waals surface area contributed by atoms with E-state index in [1.165, 1.54) is 32.1 Å². The number of hydrogen-bond donors (Lipinski definition) is 2. The molecule has 0 radical (unpaired) electrons. The van der Waals surface area contributed by atoms with Gasteiger partial charge in [0.15, 0.2) is 5.11 Å². The van der Waals surface area contributed by atoms with Crippen LogP contribution in [0.3, 0.4) is 0 Å². The molecular formula is C14H20N4S. The first-order valence-electron chi connectivity index (χ1n) is 6.77. The Bertz CT molecular complexity index is 438. The van der Waals surface area contributed by atoms with Crippen molar-refractivity contribution >= 4 is 23.0 Å². The Morgan fingerprint density at radius 1 is 1.37 bits per heavy atom. The van der Waals surface area contributed by atoms with Gasteiger partial charge < -0.3 is 5.32 Å². The highest BCUT2D eigenvalue weighted by Crippen LogP contribution is 2.17. The third-order valence-electron chi connectivity index (χ3n) is 3.34. The van der Waals surface area contributed by atoms with E-state index in [2.05, 4.69) is 20.8 Å². The zero-order chi connectivity index (χ0) is 13.5. The standard InChI is InChI=1S/C14H20N4S/c1-11(12-6-5-9-15-10-12)17-18-14(19)16-13-7-3-2-4-8-13/h5-6,9-10,13H,2-4,7-8H2,1H3,(H2,16,18,19)/b17-11-. The number of pyridine rings is 1. The van der Waals surface area contributed by atoms with Gasteiger partial charge in [0.25, 0.3) is 0 Å². The second-order valence-corrected chi connectivity index (χ2v) is 5.27. The lowest BCUT2D eigenvalue weighted by atomic mass is 9.96. The van der Waals surface area contributed by atoms with Crippen molar-refractivity contribution in [2.75, 3.05) is 0 Å². The Hall–Kier alpha value is -1.49. The summed E-state index contributed by atoms with van der Waals surface area (Å²) in [7, 11) is 0. The van der Waals surface area contributed by atoms with Crippen molar-refractivity contribution in [3.63, 3.8) is 0 Å². The molecule has 2 N–H and O–H groups in total. The predicted molar refractivity (Wildman–Crippen MR) is 82.2 cm³/mol. The molecule has 0 saturated heterocycles. The van der Waals surface area contributed by atoms with Crippen molar-refractivity contribution in [3.8, 4) is 0 Å². The second kappa shape index (κ2) is 7.19. The Kier molecular flexibility index (Phi) is 5.27. The van der Waals surface area contributed by atoms with Gasteiger partial charge in [-0.25, -0.2) is 0 Å². The van der Waals surface area contributed by atoms with Crippen molar-refractivity contribution in [3.05, 3.63) is 30.1 Å². The van der Waals surface area contributed by atoms with E-state index in [0.717, 1.165) is 11.3 Å². The van der Waals surface area contributed by atoms with E-state index in [4.69, 9.17) is 12.2 Å². The molecule has 0 unspecified atom stereocenters. The predicted octanol–water partition coefficient (Wildman–Crippen LogP) is 2.60. The fourth-order valence-electron chi connectivity index (χ4n) is 2.24. The minimum absolute atomic E-state index is 0.502. The number of thiocarbonyl (C=S) groups is 1. The second-order valence-electron chi connectivity index (χ2n) is 4.86. The third kappa shape index (κ3) is 4.59. The van der Waals surface area contributed by atoms with Crippen molar-refractivity contribution in [2.45, 2.75) is 45.1 Å². The van der Waals surface area contributed by atoms with E-state index in [0.29, 0.717) is 11.2 Å². The van der Waals surface area contributed by atoms with Gasteiger partial charge in [-0.1, -0.05) is 25.3 Å². The summed E-state index contributed by atoms with van der Waals surface area (Å²) in [6.45, 7) is 1.94. The molecule has 2 rings (SSSR count). The smallest absolute Gasteiger partial charge is 0.187 e. The topological polar surface area (TPSA) is 49.3 Å². The molecule has 4 nitrogen and oxygen atoms in total. The van der Waals surface area contributed by atoms with E-state index in [1.54, 1.807) is 12.4 Å². The van der Waals surface area contributed by atoms with Gasteiger partial charge in [0, 0.05) is 24.0 Å². The van der Waals surface area contributed by atoms with Gasteiger partial charge in [-0.3, -0.25) is 10.4 Å². The van der Waals surface area contributed by atoms with Crippen molar-refractivity contribution in [1.29, 1.82) is 0 Å². The zero-order valence-corrected chi connectivity index (χ0v) is 12.0. The third-order valence-corrected chi connectivity index (χ3v) is 3.55. The lowest BCUT2D eigenvalue weighted by molar-refractivity contribution is 0.412. The molecule has 1 aliphatic rings. The number of rotatable bonds is 3. The van der Waals surface area contributed by atoms with Crippen LogP contribution >= 0.6 is 12.2 Å². The molecule has 5 heteroatoms. The molecule has 1 saturated carbocycles. The van der Waals surface area contributed by atoms with Crippen LogP contribution in [0.5, 0.6) is 0 Å². The average molecular weight is 276 g/mol. The highest BCUT2D eigenvalue weighted by molar-refractivity contribution is 7.80. The first kappa shape index (κ1) is 13.9. The first-order chi connectivity index (χ1) is 9.25. The molecule has 0 bridgehead atoms. The number of nitrogens with one attached hydrogen (secondary N) is 2. The van der Waals surface area contributed by atoms with Gasteiger partial charge in [-0.05, 0) is 38.0 Å². The molecule has 0 aliphatic heterocycles. The fourth-order valence-corrected chi connectivity index (χ4v) is 2.45. The zero-order valence-electron chi connectivity index (χ0n) is 11.2. The normalized spacial score (nSPS) is 17.0. The van der Waals surface area contributed by atoms with Gasteiger partial charge in [0.1, 0.15) is 0 Å². The SMILES string of the molecule is C/C(=N/NC(=S)NC1CCCCC1)c1cccnc1. The lowest BCUT2D eigenvalue weighted by Gasteiger charge is -2.23. The van der Waals surface area contributed by atoms with E-state index >= 15 is 0 Å². The summed E-state index contributed by atoms with van der Waals surface area (Å²) < 4.78 is 0. The summed E-state index contributed by atoms with van der Waals surface area (Å²) in [6, 6.07) is 4.38. The van der Waals surface area contributed by atoms with E-state index < -0.39 is 0 Å². The summed E-state index contributed by atoms with van der Waals surface area (Å²) >= 11 is 5.26. The molecule has 102 valence electrons. The summed E-state index contributed by atoms with van der Waals surface area (Å²) in [4.78, 5) is 4.07. The number of nitrogens with zero attached hydrogens (tertiary/aromatic N) is 2. The molecule has 1 fully saturated rings. The van der Waals surface area contributed by atoms with Crippen LogP contribution < -0.4 is 10.7 Å². The van der Waals surface area contributed by atoms with Crippen molar-refractivity contribution in [1.82, 2.24) is 15.7 Å². The monoisotopic (exact) mass is 276 g/mol. The van der Waals surface area contributed by atoms with Crippen LogP contribution in [0.4, 0.5) is 0 Å². The molecule has 1 aromatic rings. The van der Waals surface area contributed by atoms with Crippen LogP contribution in [0.1, 0.15) is 44.6 Å². The summed E-state index contributed by atoms with van der Waals surface area (Å²) in [5, 5.41) is 8.21. The Morgan fingerprint density at radius 2 is 2.16 bits per heavy atom. The minimum Gasteiger partial charge on any atom is -0.359 e. The van der Waals surface area contributed by atoms with E-state index in [9.17, 15) is 0 Å². The van der Waals surface area contributed by atoms with Crippen LogP contribution in [-0.4, -0.2) is 21.8 Å². The maximum absolute atomic E-state index is 5.26. The molecule has 0 aromatic carbocycles. The average Bonchev–Trinajstić information content (AvgIpc) is 2.47. The molecule has 0 spiro atoms. The van der Waals surface area contributed by atoms with Crippen LogP contribution in [0.25, 0.3) is 0 Å². The Morgan fingerprint density at radius 3 is 2.84 bits per heavy atom. The molecular weight excluding hydrogens is 256 g/mol. The van der Waals surface area contributed by atoms with Gasteiger partial charge in [0.05, 0.1) is 5.71 Å². The van der Waals surface area contributed by atoms with Gasteiger partial charge in [-0.15, -0.1) is 0 Å². The van der Waals surface area contributed by atoms with E-state index in [-0.39, 0.29) is 0 Å². The van der Waals surface area contributed by atoms with Crippen molar-refractivity contribution < 1.29 is 0 Å². The molecule has 0 atom stereocenters. The number of aromatic nitrogens is 1. The summed E-state index contributed by atoms with van der Waals surface area (Å²) in [5.74, 6) is 0. The van der Waals surface area contributed by atoms with Gasteiger partial charge in [0.2, 0.25) is 0 Å². The molecule has 1 aliphatic carbocycles. The van der Waals surface area contributed by atoms with E-state index in [1.807, 2.05) is 19.1 Å².